The number of carboxylic acids is 1. The van der Waals surface area contributed by atoms with Crippen molar-refractivity contribution >= 4 is 5.97 Å². The lowest BCUT2D eigenvalue weighted by Gasteiger charge is -2.34. The third-order valence-electron chi connectivity index (χ3n) is 3.89. The first-order valence-electron chi connectivity index (χ1n) is 6.07. The van der Waals surface area contributed by atoms with Gasteiger partial charge in [-0.05, 0) is 26.3 Å². The first-order chi connectivity index (χ1) is 7.55. The van der Waals surface area contributed by atoms with E-state index >= 15 is 0 Å². The molecule has 1 rings (SSSR count). The predicted molar refractivity (Wildman–Crippen MR) is 62.5 cm³/mol. The summed E-state index contributed by atoms with van der Waals surface area (Å²) in [4.78, 5) is 13.5. The van der Waals surface area contributed by atoms with Gasteiger partial charge in [-0.25, -0.2) is 0 Å². The Labute approximate surface area is 97.6 Å². The fraction of sp³-hybridized carbons (Fsp3) is 0.917. The third-order valence-corrected chi connectivity index (χ3v) is 3.89. The molecule has 0 aromatic carbocycles. The van der Waals surface area contributed by atoms with E-state index in [0.717, 1.165) is 19.6 Å². The molecule has 1 atom stereocenters. The summed E-state index contributed by atoms with van der Waals surface area (Å²) in [5.41, 5.74) is -0.600. The zero-order valence-electron chi connectivity index (χ0n) is 10.5. The molecule has 0 aliphatic carbocycles. The standard InChI is InChI=1S/C12H23NO3/c1-4-12(5-2,11(14)15)9-13(3)10-6-7-16-8-10/h10H,4-9H2,1-3H3,(H,14,15). The van der Waals surface area contributed by atoms with Crippen LogP contribution in [0.15, 0.2) is 0 Å². The van der Waals surface area contributed by atoms with Gasteiger partial charge in [0, 0.05) is 19.2 Å². The zero-order chi connectivity index (χ0) is 12.2. The van der Waals surface area contributed by atoms with Crippen LogP contribution in [0.3, 0.4) is 0 Å². The van der Waals surface area contributed by atoms with Gasteiger partial charge in [-0.3, -0.25) is 9.69 Å². The van der Waals surface area contributed by atoms with Crippen molar-refractivity contribution in [2.24, 2.45) is 5.41 Å². The minimum absolute atomic E-state index is 0.386. The van der Waals surface area contributed by atoms with Crippen molar-refractivity contribution in [3.05, 3.63) is 0 Å². The summed E-state index contributed by atoms with van der Waals surface area (Å²) < 4.78 is 5.33. The highest BCUT2D eigenvalue weighted by Crippen LogP contribution is 2.29. The monoisotopic (exact) mass is 229 g/mol. The van der Waals surface area contributed by atoms with E-state index in [0.29, 0.717) is 25.4 Å². The van der Waals surface area contributed by atoms with Crippen LogP contribution in [0.4, 0.5) is 0 Å². The Morgan fingerprint density at radius 1 is 1.50 bits per heavy atom. The molecule has 4 nitrogen and oxygen atoms in total. The molecule has 94 valence electrons. The molecule has 1 fully saturated rings. The van der Waals surface area contributed by atoms with Gasteiger partial charge < -0.3 is 9.84 Å². The van der Waals surface area contributed by atoms with Gasteiger partial charge in [0.1, 0.15) is 0 Å². The molecule has 4 heteroatoms. The second-order valence-corrected chi connectivity index (χ2v) is 4.73. The Hall–Kier alpha value is -0.610. The molecule has 1 N–H and O–H groups in total. The number of hydrogen-bond acceptors (Lipinski definition) is 3. The first-order valence-corrected chi connectivity index (χ1v) is 6.07. The SMILES string of the molecule is CCC(CC)(CN(C)C1CCOC1)C(=O)O. The maximum atomic E-state index is 11.4. The second kappa shape index (κ2) is 5.64. The van der Waals surface area contributed by atoms with E-state index in [-0.39, 0.29) is 0 Å². The molecule has 0 aromatic rings. The first kappa shape index (κ1) is 13.5. The minimum atomic E-state index is -0.678. The lowest BCUT2D eigenvalue weighted by molar-refractivity contribution is -0.151. The highest BCUT2D eigenvalue weighted by molar-refractivity contribution is 5.74. The van der Waals surface area contributed by atoms with Crippen LogP contribution in [0.1, 0.15) is 33.1 Å². The largest absolute Gasteiger partial charge is 0.481 e. The molecule has 0 saturated carbocycles. The quantitative estimate of drug-likeness (QED) is 0.751. The Morgan fingerprint density at radius 3 is 2.50 bits per heavy atom. The lowest BCUT2D eigenvalue weighted by Crippen LogP contribution is -2.45. The maximum absolute atomic E-state index is 11.4. The van der Waals surface area contributed by atoms with Crippen LogP contribution in [-0.2, 0) is 9.53 Å². The molecule has 0 bridgehead atoms. The van der Waals surface area contributed by atoms with E-state index in [9.17, 15) is 9.90 Å². The van der Waals surface area contributed by atoms with Crippen LogP contribution in [0.25, 0.3) is 0 Å². The van der Waals surface area contributed by atoms with Crippen molar-refractivity contribution in [1.29, 1.82) is 0 Å². The van der Waals surface area contributed by atoms with Gasteiger partial charge in [0.15, 0.2) is 0 Å². The van der Waals surface area contributed by atoms with Gasteiger partial charge in [-0.2, -0.15) is 0 Å². The Morgan fingerprint density at radius 2 is 2.12 bits per heavy atom. The van der Waals surface area contributed by atoms with Gasteiger partial charge >= 0.3 is 5.97 Å². The molecule has 0 spiro atoms. The number of hydrogen-bond donors (Lipinski definition) is 1. The summed E-state index contributed by atoms with van der Waals surface area (Å²) >= 11 is 0. The van der Waals surface area contributed by atoms with Crippen molar-refractivity contribution in [3.8, 4) is 0 Å². The third kappa shape index (κ3) is 2.74. The van der Waals surface area contributed by atoms with Gasteiger partial charge in [0.25, 0.3) is 0 Å². The van der Waals surface area contributed by atoms with Crippen molar-refractivity contribution in [3.63, 3.8) is 0 Å². The van der Waals surface area contributed by atoms with Gasteiger partial charge in [-0.15, -0.1) is 0 Å². The predicted octanol–water partition coefficient (Wildman–Crippen LogP) is 1.60. The highest BCUT2D eigenvalue weighted by Gasteiger charge is 2.37. The van der Waals surface area contributed by atoms with Crippen LogP contribution in [0, 0.1) is 5.41 Å². The second-order valence-electron chi connectivity index (χ2n) is 4.73. The van der Waals surface area contributed by atoms with Gasteiger partial charge in [0.2, 0.25) is 0 Å². The normalized spacial score (nSPS) is 21.6. The van der Waals surface area contributed by atoms with Crippen molar-refractivity contribution in [2.75, 3.05) is 26.8 Å². The lowest BCUT2D eigenvalue weighted by atomic mass is 9.81. The maximum Gasteiger partial charge on any atom is 0.310 e. The number of rotatable bonds is 6. The summed E-state index contributed by atoms with van der Waals surface area (Å²) in [7, 11) is 2.00. The van der Waals surface area contributed by atoms with E-state index in [1.165, 1.54) is 0 Å². The zero-order valence-corrected chi connectivity index (χ0v) is 10.5. The fourth-order valence-electron chi connectivity index (χ4n) is 2.32. The summed E-state index contributed by atoms with van der Waals surface area (Å²) in [5, 5.41) is 9.36. The van der Waals surface area contributed by atoms with E-state index < -0.39 is 11.4 Å². The summed E-state index contributed by atoms with van der Waals surface area (Å²) in [6.07, 6.45) is 2.37. The summed E-state index contributed by atoms with van der Waals surface area (Å²) in [6, 6.07) is 0.386. The van der Waals surface area contributed by atoms with Gasteiger partial charge in [0.05, 0.1) is 12.0 Å². The van der Waals surface area contributed by atoms with Crippen LogP contribution in [-0.4, -0.2) is 48.8 Å². The molecule has 0 radical (unpaired) electrons. The molecule has 1 saturated heterocycles. The molecule has 1 aliphatic rings. The summed E-state index contributed by atoms with van der Waals surface area (Å²) in [5.74, 6) is -0.678. The molecule has 1 aliphatic heterocycles. The van der Waals surface area contributed by atoms with Crippen LogP contribution in [0.2, 0.25) is 0 Å². The number of nitrogens with zero attached hydrogens (tertiary/aromatic N) is 1. The number of ether oxygens (including phenoxy) is 1. The van der Waals surface area contributed by atoms with Crippen LogP contribution >= 0.6 is 0 Å². The van der Waals surface area contributed by atoms with E-state index in [1.807, 2.05) is 20.9 Å². The fourth-order valence-corrected chi connectivity index (χ4v) is 2.32. The van der Waals surface area contributed by atoms with E-state index in [1.54, 1.807) is 0 Å². The topological polar surface area (TPSA) is 49.8 Å². The average Bonchev–Trinajstić information content (AvgIpc) is 2.78. The number of carbonyl (C=O) groups is 1. The average molecular weight is 229 g/mol. The van der Waals surface area contributed by atoms with Crippen LogP contribution in [0.5, 0.6) is 0 Å². The van der Waals surface area contributed by atoms with Crippen molar-refractivity contribution in [2.45, 2.75) is 39.2 Å². The highest BCUT2D eigenvalue weighted by atomic mass is 16.5. The number of aliphatic carboxylic acids is 1. The van der Waals surface area contributed by atoms with E-state index in [4.69, 9.17) is 4.74 Å². The molecule has 0 amide bonds. The molecule has 16 heavy (non-hydrogen) atoms. The molecular weight excluding hydrogens is 206 g/mol. The number of carboxylic acid groups (broad SMARTS) is 1. The smallest absolute Gasteiger partial charge is 0.310 e. The van der Waals surface area contributed by atoms with Crippen LogP contribution < -0.4 is 0 Å². The van der Waals surface area contributed by atoms with Crippen molar-refractivity contribution < 1.29 is 14.6 Å². The molecule has 1 unspecified atom stereocenters. The Kier molecular flexibility index (Phi) is 4.74. The minimum Gasteiger partial charge on any atom is -0.481 e. The Bertz CT molecular complexity index is 232. The number of likely N-dealkylation sites (N-methyl/N-ethyl adjacent to an activating group) is 1. The molecule has 1 heterocycles. The van der Waals surface area contributed by atoms with Gasteiger partial charge in [-0.1, -0.05) is 13.8 Å². The Balaban J connectivity index is 2.63. The van der Waals surface area contributed by atoms with Crippen molar-refractivity contribution in [1.82, 2.24) is 4.90 Å². The molecular formula is C12H23NO3. The molecule has 0 aromatic heterocycles. The van der Waals surface area contributed by atoms with E-state index in [2.05, 4.69) is 4.90 Å². The summed E-state index contributed by atoms with van der Waals surface area (Å²) in [6.45, 7) is 6.06.